The molecule has 1 aliphatic rings. The van der Waals surface area contributed by atoms with E-state index in [1.54, 1.807) is 37.3 Å². The first-order valence-corrected chi connectivity index (χ1v) is 9.45. The van der Waals surface area contributed by atoms with Crippen molar-refractivity contribution in [3.8, 4) is 11.5 Å². The summed E-state index contributed by atoms with van der Waals surface area (Å²) in [6.07, 6.45) is 0.615. The highest BCUT2D eigenvalue weighted by atomic mass is 32.2. The molecule has 1 atom stereocenters. The van der Waals surface area contributed by atoms with Crippen LogP contribution in [0.15, 0.2) is 42.5 Å². The summed E-state index contributed by atoms with van der Waals surface area (Å²) in [5.41, 5.74) is 1.60. The molecular weight excluding hydrogens is 368 g/mol. The van der Waals surface area contributed by atoms with Crippen LogP contribution in [0.3, 0.4) is 0 Å². The van der Waals surface area contributed by atoms with Crippen molar-refractivity contribution >= 4 is 23.4 Å². The lowest BCUT2D eigenvalue weighted by atomic mass is 10.1. The van der Waals surface area contributed by atoms with Gasteiger partial charge in [0.2, 0.25) is 5.91 Å². The molecule has 0 aromatic heterocycles. The minimum atomic E-state index is -0.398. The average Bonchev–Trinajstić information content (AvgIpc) is 3.06. The number of carbonyl (C=O) groups excluding carboxylic acids is 1. The third kappa shape index (κ3) is 4.00. The van der Waals surface area contributed by atoms with Crippen LogP contribution in [-0.4, -0.2) is 42.2 Å². The van der Waals surface area contributed by atoms with Gasteiger partial charge in [-0.3, -0.25) is 14.9 Å². The molecule has 27 heavy (non-hydrogen) atoms. The Bertz CT molecular complexity index is 858. The van der Waals surface area contributed by atoms with E-state index >= 15 is 0 Å². The summed E-state index contributed by atoms with van der Waals surface area (Å²) in [7, 11) is 3.15. The Morgan fingerprint density at radius 2 is 1.93 bits per heavy atom. The maximum absolute atomic E-state index is 12.4. The van der Waals surface area contributed by atoms with Gasteiger partial charge in [-0.25, -0.2) is 0 Å². The minimum absolute atomic E-state index is 0.0105. The monoisotopic (exact) mass is 388 g/mol. The Morgan fingerprint density at radius 1 is 1.19 bits per heavy atom. The van der Waals surface area contributed by atoms with Gasteiger partial charge in [0, 0.05) is 12.6 Å². The van der Waals surface area contributed by atoms with Gasteiger partial charge >= 0.3 is 0 Å². The highest BCUT2D eigenvalue weighted by Gasteiger charge is 2.36. The van der Waals surface area contributed by atoms with Crippen LogP contribution in [0.5, 0.6) is 11.5 Å². The molecule has 0 N–H and O–H groups in total. The van der Waals surface area contributed by atoms with Crippen LogP contribution in [0.1, 0.15) is 16.5 Å². The number of hydrogen-bond donors (Lipinski definition) is 0. The fourth-order valence-corrected chi connectivity index (χ4v) is 4.35. The number of thioether (sulfide) groups is 1. The number of nitro groups is 1. The van der Waals surface area contributed by atoms with E-state index in [0.717, 1.165) is 5.56 Å². The predicted molar refractivity (Wildman–Crippen MR) is 103 cm³/mol. The summed E-state index contributed by atoms with van der Waals surface area (Å²) in [6.45, 7) is 0.470. The number of benzene rings is 2. The molecule has 2 aromatic rings. The zero-order valence-electron chi connectivity index (χ0n) is 15.1. The second-order valence-electron chi connectivity index (χ2n) is 6.01. The first-order chi connectivity index (χ1) is 13.0. The number of ether oxygens (including phenoxy) is 2. The van der Waals surface area contributed by atoms with Crippen LogP contribution in [0.2, 0.25) is 0 Å². The van der Waals surface area contributed by atoms with Crippen molar-refractivity contribution in [2.75, 3.05) is 26.5 Å². The van der Waals surface area contributed by atoms with E-state index in [0.29, 0.717) is 35.8 Å². The van der Waals surface area contributed by atoms with Gasteiger partial charge in [-0.05, 0) is 30.2 Å². The normalized spacial score (nSPS) is 16.4. The Balaban J connectivity index is 1.79. The van der Waals surface area contributed by atoms with Gasteiger partial charge in [-0.1, -0.05) is 18.2 Å². The SMILES string of the molecule is COc1ccc(CCN2C(=O)CS[C@@H]2c2ccccc2[N+](=O)[O-])cc1OC. The highest BCUT2D eigenvalue weighted by molar-refractivity contribution is 8.00. The molecule has 0 unspecified atom stereocenters. The van der Waals surface area contributed by atoms with Crippen molar-refractivity contribution < 1.29 is 19.2 Å². The van der Waals surface area contributed by atoms with Crippen LogP contribution in [0.4, 0.5) is 5.69 Å². The third-order valence-electron chi connectivity index (χ3n) is 4.46. The van der Waals surface area contributed by atoms with Gasteiger partial charge in [0.1, 0.15) is 5.37 Å². The van der Waals surface area contributed by atoms with Crippen molar-refractivity contribution in [2.45, 2.75) is 11.8 Å². The molecule has 1 fully saturated rings. The summed E-state index contributed by atoms with van der Waals surface area (Å²) < 4.78 is 10.6. The Morgan fingerprint density at radius 3 is 2.63 bits per heavy atom. The summed E-state index contributed by atoms with van der Waals surface area (Å²) >= 11 is 1.42. The Labute approximate surface area is 161 Å². The molecule has 142 valence electrons. The van der Waals surface area contributed by atoms with Gasteiger partial charge in [-0.15, -0.1) is 11.8 Å². The number of methoxy groups -OCH3 is 2. The maximum Gasteiger partial charge on any atom is 0.275 e. The quantitative estimate of drug-likeness (QED) is 0.534. The standard InChI is InChI=1S/C19H20N2O5S/c1-25-16-8-7-13(11-17(16)26-2)9-10-20-18(22)12-27-19(20)14-5-3-4-6-15(14)21(23)24/h3-8,11,19H,9-10,12H2,1-2H3/t19-/m1/s1. The number of carbonyl (C=O) groups is 1. The largest absolute Gasteiger partial charge is 0.493 e. The van der Waals surface area contributed by atoms with E-state index in [1.165, 1.54) is 17.8 Å². The second kappa shape index (κ2) is 8.30. The topological polar surface area (TPSA) is 81.9 Å². The first kappa shape index (κ1) is 19.0. The smallest absolute Gasteiger partial charge is 0.275 e. The molecule has 0 bridgehead atoms. The molecular formula is C19H20N2O5S. The number of hydrogen-bond acceptors (Lipinski definition) is 6. The fourth-order valence-electron chi connectivity index (χ4n) is 3.10. The van der Waals surface area contributed by atoms with Crippen LogP contribution < -0.4 is 9.47 Å². The van der Waals surface area contributed by atoms with Crippen LogP contribution >= 0.6 is 11.8 Å². The molecule has 1 heterocycles. The van der Waals surface area contributed by atoms with E-state index in [1.807, 2.05) is 18.2 Å². The van der Waals surface area contributed by atoms with Gasteiger partial charge < -0.3 is 14.4 Å². The number of amides is 1. The van der Waals surface area contributed by atoms with Crippen LogP contribution in [-0.2, 0) is 11.2 Å². The number of rotatable bonds is 7. The van der Waals surface area contributed by atoms with Gasteiger partial charge in [0.15, 0.2) is 11.5 Å². The van der Waals surface area contributed by atoms with Crippen LogP contribution in [0.25, 0.3) is 0 Å². The second-order valence-corrected chi connectivity index (χ2v) is 7.07. The lowest BCUT2D eigenvalue weighted by molar-refractivity contribution is -0.385. The molecule has 0 aliphatic carbocycles. The number of para-hydroxylation sites is 1. The molecule has 0 radical (unpaired) electrons. The molecule has 0 saturated carbocycles. The minimum Gasteiger partial charge on any atom is -0.493 e. The lowest BCUT2D eigenvalue weighted by Crippen LogP contribution is -2.30. The predicted octanol–water partition coefficient (Wildman–Crippen LogP) is 3.43. The number of nitro benzene ring substituents is 1. The summed E-state index contributed by atoms with van der Waals surface area (Å²) in [6, 6.07) is 12.2. The van der Waals surface area contributed by atoms with Crippen molar-refractivity contribution in [1.82, 2.24) is 4.90 Å². The molecule has 1 aliphatic heterocycles. The van der Waals surface area contributed by atoms with Crippen molar-refractivity contribution in [3.63, 3.8) is 0 Å². The summed E-state index contributed by atoms with van der Waals surface area (Å²) in [4.78, 5) is 25.0. The molecule has 0 spiro atoms. The van der Waals surface area contributed by atoms with Crippen LogP contribution in [0, 0.1) is 10.1 Å². The summed E-state index contributed by atoms with van der Waals surface area (Å²) in [5, 5.41) is 11.0. The van der Waals surface area contributed by atoms with Crippen molar-refractivity contribution in [1.29, 1.82) is 0 Å². The Kier molecular flexibility index (Phi) is 5.85. The van der Waals surface area contributed by atoms with Crippen molar-refractivity contribution in [2.24, 2.45) is 0 Å². The first-order valence-electron chi connectivity index (χ1n) is 8.40. The maximum atomic E-state index is 12.4. The fraction of sp³-hybridized carbons (Fsp3) is 0.316. The van der Waals surface area contributed by atoms with Crippen molar-refractivity contribution in [3.05, 3.63) is 63.7 Å². The molecule has 1 amide bonds. The molecule has 2 aromatic carbocycles. The summed E-state index contributed by atoms with van der Waals surface area (Å²) in [5.74, 6) is 1.59. The van der Waals surface area contributed by atoms with E-state index in [-0.39, 0.29) is 17.0 Å². The van der Waals surface area contributed by atoms with E-state index in [9.17, 15) is 14.9 Å². The Hall–Kier alpha value is -2.74. The van der Waals surface area contributed by atoms with E-state index in [4.69, 9.17) is 9.47 Å². The highest BCUT2D eigenvalue weighted by Crippen LogP contribution is 2.42. The van der Waals surface area contributed by atoms with E-state index < -0.39 is 4.92 Å². The van der Waals surface area contributed by atoms with Gasteiger partial charge in [0.05, 0.1) is 30.5 Å². The molecule has 1 saturated heterocycles. The lowest BCUT2D eigenvalue weighted by Gasteiger charge is -2.24. The molecule has 7 nitrogen and oxygen atoms in total. The third-order valence-corrected chi connectivity index (χ3v) is 5.69. The molecule has 3 rings (SSSR count). The van der Waals surface area contributed by atoms with E-state index in [2.05, 4.69) is 0 Å². The zero-order valence-corrected chi connectivity index (χ0v) is 15.9. The number of nitrogens with zero attached hydrogens (tertiary/aromatic N) is 2. The average molecular weight is 388 g/mol. The van der Waals surface area contributed by atoms with Gasteiger partial charge in [0.25, 0.3) is 5.69 Å². The zero-order chi connectivity index (χ0) is 19.4. The molecule has 8 heteroatoms. The van der Waals surface area contributed by atoms with Gasteiger partial charge in [-0.2, -0.15) is 0 Å².